The first-order valence-electron chi connectivity index (χ1n) is 21.0. The Balaban J connectivity index is 0.000000221. The van der Waals surface area contributed by atoms with Crippen LogP contribution in [0.2, 0.25) is 0 Å². The van der Waals surface area contributed by atoms with Gasteiger partial charge in [0, 0.05) is 36.1 Å². The quantitative estimate of drug-likeness (QED) is 0.0919. The lowest BCUT2D eigenvalue weighted by Crippen LogP contribution is -2.41. The van der Waals surface area contributed by atoms with Crippen LogP contribution in [0.1, 0.15) is 98.9 Å². The van der Waals surface area contributed by atoms with Crippen molar-refractivity contribution in [3.8, 4) is 0 Å². The number of nitrogens with zero attached hydrogens (tertiary/aromatic N) is 2. The number of pyridine rings is 2. The molecule has 2 aliphatic rings. The number of benzene rings is 2. The lowest BCUT2D eigenvalue weighted by molar-refractivity contribution is -0.129. The molecule has 6 N–H and O–H groups in total. The number of rotatable bonds is 16. The van der Waals surface area contributed by atoms with Gasteiger partial charge in [0.1, 0.15) is 11.6 Å². The molecule has 2 saturated carbocycles. The Bertz CT molecular complexity index is 1840. The molecular weight excluding hydrogens is 725 g/mol. The molecule has 10 heteroatoms. The molecule has 6 atom stereocenters. The number of carbonyl (C=O) groups is 4. The van der Waals surface area contributed by atoms with Crippen molar-refractivity contribution in [3.63, 3.8) is 0 Å². The molecule has 0 radical (unpaired) electrons. The van der Waals surface area contributed by atoms with Gasteiger partial charge in [-0.3, -0.25) is 19.2 Å². The third-order valence-corrected chi connectivity index (χ3v) is 12.0. The highest BCUT2D eigenvalue weighted by molar-refractivity contribution is 5.90. The van der Waals surface area contributed by atoms with E-state index in [2.05, 4.69) is 69.1 Å². The Hall–Kier alpha value is -5.38. The number of hydrogen-bond donors (Lipinski definition) is 4. The molecule has 58 heavy (non-hydrogen) atoms. The Morgan fingerprint density at radius 1 is 0.586 bits per heavy atom. The zero-order chi connectivity index (χ0) is 41.6. The van der Waals surface area contributed by atoms with E-state index in [4.69, 9.17) is 11.5 Å². The molecule has 2 aromatic carbocycles. The Kier molecular flexibility index (Phi) is 16.1. The Morgan fingerprint density at radius 3 is 1.33 bits per heavy atom. The first kappa shape index (κ1) is 43.7. The highest BCUT2D eigenvalue weighted by Crippen LogP contribution is 2.34. The summed E-state index contributed by atoms with van der Waals surface area (Å²) in [6.45, 7) is 7.36. The number of amides is 2. The number of aryl methyl sites for hydroxylation is 4. The highest BCUT2D eigenvalue weighted by atomic mass is 16.2. The molecule has 0 saturated heterocycles. The zero-order valence-electron chi connectivity index (χ0n) is 34.7. The van der Waals surface area contributed by atoms with Gasteiger partial charge in [-0.1, -0.05) is 72.8 Å². The van der Waals surface area contributed by atoms with Gasteiger partial charge in [-0.05, 0) is 138 Å². The molecule has 6 rings (SSSR count). The molecule has 4 aromatic rings. The van der Waals surface area contributed by atoms with Gasteiger partial charge in [-0.25, -0.2) is 9.97 Å². The van der Waals surface area contributed by atoms with Crippen molar-refractivity contribution in [3.05, 3.63) is 119 Å². The summed E-state index contributed by atoms with van der Waals surface area (Å²) in [5, 5.41) is 5.88. The van der Waals surface area contributed by atoms with Crippen LogP contribution in [0.15, 0.2) is 84.9 Å². The van der Waals surface area contributed by atoms with Gasteiger partial charge in [0.2, 0.25) is 11.8 Å². The summed E-state index contributed by atoms with van der Waals surface area (Å²) in [5.74, 6) is 2.23. The maximum atomic E-state index is 12.6. The first-order chi connectivity index (χ1) is 27.8. The van der Waals surface area contributed by atoms with Gasteiger partial charge in [0.15, 0.2) is 11.6 Å². The minimum atomic E-state index is -0.460. The maximum Gasteiger partial charge on any atom is 0.223 e. The normalized spacial score (nSPS) is 19.7. The number of aromatic nitrogens is 2. The molecule has 0 bridgehead atoms. The van der Waals surface area contributed by atoms with Crippen molar-refractivity contribution in [1.82, 2.24) is 20.6 Å². The standard InChI is InChI=1S/2C24H31N3O2/c2*1-16-20(11-13-23(25)26-16)10-12-22(28)17(2)27-24(29)21-9-8-19(15-21)14-18-6-4-3-5-7-18/h2*3-7,11,13,17,19,21H,8-10,12,14-15H2,1-2H3,(H2,25,26)(H,27,29)/t2*17-,19?,21+/m00/s1. The van der Waals surface area contributed by atoms with E-state index in [0.29, 0.717) is 49.2 Å². The summed E-state index contributed by atoms with van der Waals surface area (Å²) in [5.41, 5.74) is 17.7. The van der Waals surface area contributed by atoms with Crippen molar-refractivity contribution in [2.45, 2.75) is 117 Å². The van der Waals surface area contributed by atoms with E-state index in [0.717, 1.165) is 73.9 Å². The van der Waals surface area contributed by atoms with Gasteiger partial charge >= 0.3 is 0 Å². The monoisotopic (exact) mass is 786 g/mol. The largest absolute Gasteiger partial charge is 0.384 e. The second-order valence-corrected chi connectivity index (χ2v) is 16.5. The van der Waals surface area contributed by atoms with Gasteiger partial charge in [0.25, 0.3) is 0 Å². The summed E-state index contributed by atoms with van der Waals surface area (Å²) in [6.07, 6.45) is 9.78. The molecule has 0 aliphatic heterocycles. The van der Waals surface area contributed by atoms with Crippen LogP contribution in [0, 0.1) is 37.5 Å². The summed E-state index contributed by atoms with van der Waals surface area (Å²) < 4.78 is 0. The van der Waals surface area contributed by atoms with Crippen molar-refractivity contribution >= 4 is 35.0 Å². The van der Waals surface area contributed by atoms with E-state index < -0.39 is 12.1 Å². The number of Topliss-reactive ketones (excluding diaryl/α,β-unsaturated/α-hetero) is 2. The predicted octanol–water partition coefficient (Wildman–Crippen LogP) is 7.28. The number of anilines is 2. The van der Waals surface area contributed by atoms with E-state index in [1.165, 1.54) is 11.1 Å². The van der Waals surface area contributed by atoms with Crippen LogP contribution in [0.25, 0.3) is 0 Å². The van der Waals surface area contributed by atoms with E-state index in [1.807, 2.05) is 38.1 Å². The SMILES string of the molecule is Cc1nc(N)ccc1CCC(=O)[C@H](C)NC(=O)[C@@H]1CCC(Cc2ccccc2)C1.Cc1nc(N)ccc1CCC(=O)[C@H](C)NC(=O)[C@@H]1CCC(Cc2ccccc2)C1. The number of carbonyl (C=O) groups excluding carboxylic acids is 4. The summed E-state index contributed by atoms with van der Waals surface area (Å²) in [4.78, 5) is 58.7. The van der Waals surface area contributed by atoms with Gasteiger partial charge in [-0.2, -0.15) is 0 Å². The highest BCUT2D eigenvalue weighted by Gasteiger charge is 2.32. The van der Waals surface area contributed by atoms with Crippen LogP contribution < -0.4 is 22.1 Å². The molecular formula is C48H62N6O4. The fraction of sp³-hybridized carbons (Fsp3) is 0.458. The van der Waals surface area contributed by atoms with Gasteiger partial charge in [0.05, 0.1) is 12.1 Å². The summed E-state index contributed by atoms with van der Waals surface area (Å²) >= 11 is 0. The summed E-state index contributed by atoms with van der Waals surface area (Å²) in [6, 6.07) is 27.3. The zero-order valence-corrected chi connectivity index (χ0v) is 34.7. The fourth-order valence-corrected chi connectivity index (χ4v) is 8.41. The number of nitrogens with one attached hydrogen (secondary N) is 2. The first-order valence-corrected chi connectivity index (χ1v) is 21.0. The second kappa shape index (κ2) is 21.4. The van der Waals surface area contributed by atoms with Crippen LogP contribution in [-0.2, 0) is 44.9 Å². The van der Waals surface area contributed by atoms with E-state index in [9.17, 15) is 19.2 Å². The minimum Gasteiger partial charge on any atom is -0.384 e. The Morgan fingerprint density at radius 2 is 0.966 bits per heavy atom. The minimum absolute atomic E-state index is 0.0162. The molecule has 2 fully saturated rings. The molecule has 0 spiro atoms. The van der Waals surface area contributed by atoms with Crippen molar-refractivity contribution in [2.75, 3.05) is 11.5 Å². The lowest BCUT2D eigenvalue weighted by Gasteiger charge is -2.17. The lowest BCUT2D eigenvalue weighted by atomic mass is 9.96. The van der Waals surface area contributed by atoms with Crippen molar-refractivity contribution in [2.24, 2.45) is 23.7 Å². The van der Waals surface area contributed by atoms with Crippen molar-refractivity contribution < 1.29 is 19.2 Å². The van der Waals surface area contributed by atoms with Crippen LogP contribution in [0.5, 0.6) is 0 Å². The van der Waals surface area contributed by atoms with Gasteiger partial charge < -0.3 is 22.1 Å². The number of nitrogens with two attached hydrogens (primary N) is 2. The van der Waals surface area contributed by atoms with E-state index in [-0.39, 0.29) is 35.2 Å². The topological polar surface area (TPSA) is 170 Å². The average molecular weight is 787 g/mol. The predicted molar refractivity (Wildman–Crippen MR) is 231 cm³/mol. The smallest absolute Gasteiger partial charge is 0.223 e. The van der Waals surface area contributed by atoms with Gasteiger partial charge in [-0.15, -0.1) is 0 Å². The molecule has 2 heterocycles. The number of nitrogen functional groups attached to an aromatic ring is 2. The second-order valence-electron chi connectivity index (χ2n) is 16.5. The number of ketones is 2. The molecule has 2 aromatic heterocycles. The van der Waals surface area contributed by atoms with Crippen molar-refractivity contribution in [1.29, 1.82) is 0 Å². The molecule has 2 amide bonds. The molecule has 2 aliphatic carbocycles. The third-order valence-electron chi connectivity index (χ3n) is 12.0. The molecule has 10 nitrogen and oxygen atoms in total. The fourth-order valence-electron chi connectivity index (χ4n) is 8.41. The third kappa shape index (κ3) is 13.4. The van der Waals surface area contributed by atoms with E-state index >= 15 is 0 Å². The maximum absolute atomic E-state index is 12.6. The van der Waals surface area contributed by atoms with Crippen LogP contribution >= 0.6 is 0 Å². The average Bonchev–Trinajstić information content (AvgIpc) is 3.88. The Labute approximate surface area is 344 Å². The van der Waals surface area contributed by atoms with Crippen LogP contribution in [0.3, 0.4) is 0 Å². The molecule has 2 unspecified atom stereocenters. The van der Waals surface area contributed by atoms with E-state index in [1.54, 1.807) is 26.0 Å². The number of hydrogen-bond acceptors (Lipinski definition) is 8. The molecule has 308 valence electrons. The summed E-state index contributed by atoms with van der Waals surface area (Å²) in [7, 11) is 0. The van der Waals surface area contributed by atoms with Crippen LogP contribution in [-0.4, -0.2) is 45.4 Å². The van der Waals surface area contributed by atoms with Crippen LogP contribution in [0.4, 0.5) is 11.6 Å².